The third kappa shape index (κ3) is 3.08. The molecule has 0 fully saturated rings. The standard InChI is InChI=1S/C12H12BrNO3/c1-8-4-11(14-17-8)7-16-12-3-2-10(13)5-9(12)6-15/h2-5,15H,6-7H2,1H3. The lowest BCUT2D eigenvalue weighted by Crippen LogP contribution is -1.99. The Hall–Kier alpha value is -1.33. The first-order valence-corrected chi connectivity index (χ1v) is 5.92. The van der Waals surface area contributed by atoms with E-state index in [9.17, 15) is 5.11 Å². The van der Waals surface area contributed by atoms with Crippen molar-refractivity contribution < 1.29 is 14.4 Å². The van der Waals surface area contributed by atoms with Crippen molar-refractivity contribution in [1.82, 2.24) is 5.16 Å². The Balaban J connectivity index is 2.08. The number of nitrogens with zero attached hydrogens (tertiary/aromatic N) is 1. The minimum atomic E-state index is -0.0629. The number of aryl methyl sites for hydroxylation is 1. The summed E-state index contributed by atoms with van der Waals surface area (Å²) in [6, 6.07) is 7.31. The Morgan fingerprint density at radius 2 is 2.24 bits per heavy atom. The van der Waals surface area contributed by atoms with Crippen LogP contribution < -0.4 is 4.74 Å². The van der Waals surface area contributed by atoms with Gasteiger partial charge in [-0.05, 0) is 25.1 Å². The predicted molar refractivity (Wildman–Crippen MR) is 65.6 cm³/mol. The molecule has 0 aliphatic heterocycles. The van der Waals surface area contributed by atoms with Crippen LogP contribution in [0.15, 0.2) is 33.3 Å². The molecule has 4 nitrogen and oxygen atoms in total. The lowest BCUT2D eigenvalue weighted by Gasteiger charge is -2.08. The zero-order valence-electron chi connectivity index (χ0n) is 9.31. The van der Waals surface area contributed by atoms with Crippen molar-refractivity contribution in [3.8, 4) is 5.75 Å². The molecule has 0 atom stereocenters. The Bertz CT molecular complexity index is 510. The Kier molecular flexibility index (Phi) is 3.81. The number of halogens is 1. The average molecular weight is 298 g/mol. The van der Waals surface area contributed by atoms with E-state index in [1.165, 1.54) is 0 Å². The number of benzene rings is 1. The smallest absolute Gasteiger partial charge is 0.134 e. The number of aliphatic hydroxyl groups excluding tert-OH is 1. The van der Waals surface area contributed by atoms with Crippen LogP contribution in [0, 0.1) is 6.92 Å². The molecule has 5 heteroatoms. The van der Waals surface area contributed by atoms with Crippen LogP contribution in [0.3, 0.4) is 0 Å². The largest absolute Gasteiger partial charge is 0.487 e. The highest BCUT2D eigenvalue weighted by Gasteiger charge is 2.06. The zero-order valence-corrected chi connectivity index (χ0v) is 10.9. The van der Waals surface area contributed by atoms with E-state index in [1.807, 2.05) is 31.2 Å². The molecule has 17 heavy (non-hydrogen) atoms. The zero-order chi connectivity index (χ0) is 12.3. The van der Waals surface area contributed by atoms with Crippen LogP contribution in [0.25, 0.3) is 0 Å². The number of hydrogen-bond acceptors (Lipinski definition) is 4. The summed E-state index contributed by atoms with van der Waals surface area (Å²) in [4.78, 5) is 0. The Morgan fingerprint density at radius 3 is 2.88 bits per heavy atom. The van der Waals surface area contributed by atoms with E-state index in [1.54, 1.807) is 0 Å². The van der Waals surface area contributed by atoms with Crippen molar-refractivity contribution in [1.29, 1.82) is 0 Å². The molecule has 0 radical (unpaired) electrons. The fraction of sp³-hybridized carbons (Fsp3) is 0.250. The molecule has 1 heterocycles. The van der Waals surface area contributed by atoms with Crippen LogP contribution >= 0.6 is 15.9 Å². The molecule has 90 valence electrons. The predicted octanol–water partition coefficient (Wildman–Crippen LogP) is 2.82. The van der Waals surface area contributed by atoms with Gasteiger partial charge < -0.3 is 14.4 Å². The van der Waals surface area contributed by atoms with Crippen molar-refractivity contribution in [3.05, 3.63) is 45.8 Å². The maximum atomic E-state index is 9.21. The van der Waals surface area contributed by atoms with Gasteiger partial charge in [-0.1, -0.05) is 21.1 Å². The third-order valence-corrected chi connectivity index (χ3v) is 2.74. The molecule has 1 N–H and O–H groups in total. The molecular formula is C12H12BrNO3. The summed E-state index contributed by atoms with van der Waals surface area (Å²) in [5.41, 5.74) is 1.47. The topological polar surface area (TPSA) is 55.5 Å². The van der Waals surface area contributed by atoms with Gasteiger partial charge in [0.05, 0.1) is 6.61 Å². The highest BCUT2D eigenvalue weighted by Crippen LogP contribution is 2.24. The van der Waals surface area contributed by atoms with E-state index in [2.05, 4.69) is 21.1 Å². The molecule has 0 amide bonds. The molecular weight excluding hydrogens is 286 g/mol. The highest BCUT2D eigenvalue weighted by atomic mass is 79.9. The van der Waals surface area contributed by atoms with Crippen LogP contribution in [0.4, 0.5) is 0 Å². The first kappa shape index (κ1) is 12.1. The Morgan fingerprint density at radius 1 is 1.41 bits per heavy atom. The second-order valence-corrected chi connectivity index (χ2v) is 4.54. The van der Waals surface area contributed by atoms with Crippen molar-refractivity contribution in [2.75, 3.05) is 0 Å². The minimum absolute atomic E-state index is 0.0629. The van der Waals surface area contributed by atoms with Crippen molar-refractivity contribution in [2.45, 2.75) is 20.1 Å². The summed E-state index contributed by atoms with van der Waals surface area (Å²) < 4.78 is 11.4. The second-order valence-electron chi connectivity index (χ2n) is 3.63. The van der Waals surface area contributed by atoms with Crippen molar-refractivity contribution in [3.63, 3.8) is 0 Å². The van der Waals surface area contributed by atoms with Crippen LogP contribution in [0.1, 0.15) is 17.0 Å². The second kappa shape index (κ2) is 5.33. The minimum Gasteiger partial charge on any atom is -0.487 e. The van der Waals surface area contributed by atoms with E-state index in [0.717, 1.165) is 21.5 Å². The highest BCUT2D eigenvalue weighted by molar-refractivity contribution is 9.10. The summed E-state index contributed by atoms with van der Waals surface area (Å²) in [6.45, 7) is 2.09. The van der Waals surface area contributed by atoms with Crippen LogP contribution in [0.5, 0.6) is 5.75 Å². The number of aromatic nitrogens is 1. The molecule has 0 aliphatic carbocycles. The quantitative estimate of drug-likeness (QED) is 0.943. The van der Waals surface area contributed by atoms with E-state index in [-0.39, 0.29) is 6.61 Å². The van der Waals surface area contributed by atoms with E-state index in [0.29, 0.717) is 12.4 Å². The van der Waals surface area contributed by atoms with E-state index >= 15 is 0 Å². The molecule has 0 aliphatic rings. The fourth-order valence-electron chi connectivity index (χ4n) is 1.45. The van der Waals surface area contributed by atoms with Crippen LogP contribution in [0.2, 0.25) is 0 Å². The van der Waals surface area contributed by atoms with Crippen molar-refractivity contribution in [2.24, 2.45) is 0 Å². The maximum Gasteiger partial charge on any atom is 0.134 e. The van der Waals surface area contributed by atoms with Crippen LogP contribution in [-0.2, 0) is 13.2 Å². The first-order chi connectivity index (χ1) is 8.19. The number of hydrogen-bond donors (Lipinski definition) is 1. The molecule has 2 rings (SSSR count). The summed E-state index contributed by atoms with van der Waals surface area (Å²) in [6.07, 6.45) is 0. The molecule has 0 unspecified atom stereocenters. The maximum absolute atomic E-state index is 9.21. The third-order valence-electron chi connectivity index (χ3n) is 2.25. The molecule has 0 spiro atoms. The van der Waals surface area contributed by atoms with Crippen LogP contribution in [-0.4, -0.2) is 10.3 Å². The molecule has 1 aromatic heterocycles. The van der Waals surface area contributed by atoms with Gasteiger partial charge in [-0.3, -0.25) is 0 Å². The first-order valence-electron chi connectivity index (χ1n) is 5.13. The van der Waals surface area contributed by atoms with E-state index < -0.39 is 0 Å². The van der Waals surface area contributed by atoms with Gasteiger partial charge in [-0.25, -0.2) is 0 Å². The lowest BCUT2D eigenvalue weighted by atomic mass is 10.2. The lowest BCUT2D eigenvalue weighted by molar-refractivity contribution is 0.254. The van der Waals surface area contributed by atoms with Gasteiger partial charge in [-0.2, -0.15) is 0 Å². The summed E-state index contributed by atoms with van der Waals surface area (Å²) in [7, 11) is 0. The average Bonchev–Trinajstić information content (AvgIpc) is 2.73. The number of ether oxygens (including phenoxy) is 1. The molecule has 2 aromatic rings. The summed E-state index contributed by atoms with van der Waals surface area (Å²) in [5, 5.41) is 13.0. The molecule has 0 bridgehead atoms. The number of rotatable bonds is 4. The molecule has 0 saturated carbocycles. The monoisotopic (exact) mass is 297 g/mol. The van der Waals surface area contributed by atoms with Gasteiger partial charge in [0.25, 0.3) is 0 Å². The summed E-state index contributed by atoms with van der Waals surface area (Å²) >= 11 is 3.34. The fourth-order valence-corrected chi connectivity index (χ4v) is 1.86. The van der Waals surface area contributed by atoms with E-state index in [4.69, 9.17) is 9.26 Å². The Labute approximate surface area is 107 Å². The van der Waals surface area contributed by atoms with Gasteiger partial charge in [0.1, 0.15) is 23.8 Å². The van der Waals surface area contributed by atoms with Gasteiger partial charge in [0.15, 0.2) is 0 Å². The summed E-state index contributed by atoms with van der Waals surface area (Å²) in [5.74, 6) is 1.40. The normalized spacial score (nSPS) is 10.5. The molecule has 1 aromatic carbocycles. The SMILES string of the molecule is Cc1cc(COc2ccc(Br)cc2CO)no1. The van der Waals surface area contributed by atoms with Crippen molar-refractivity contribution >= 4 is 15.9 Å². The molecule has 0 saturated heterocycles. The van der Waals surface area contributed by atoms with Gasteiger partial charge >= 0.3 is 0 Å². The number of aliphatic hydroxyl groups is 1. The van der Waals surface area contributed by atoms with Gasteiger partial charge in [0, 0.05) is 16.1 Å². The van der Waals surface area contributed by atoms with Gasteiger partial charge in [-0.15, -0.1) is 0 Å². The van der Waals surface area contributed by atoms with Gasteiger partial charge in [0.2, 0.25) is 0 Å².